The topological polar surface area (TPSA) is 91.4 Å². The average Bonchev–Trinajstić information content (AvgIpc) is 3.27. The quantitative estimate of drug-likeness (QED) is 0.693. The van der Waals surface area contributed by atoms with Crippen molar-refractivity contribution < 1.29 is 14.4 Å². The summed E-state index contributed by atoms with van der Waals surface area (Å²) in [5, 5.41) is 8.79. The molecule has 1 spiro atoms. The first-order chi connectivity index (χ1) is 14.5. The number of hydrogen-bond acceptors (Lipinski definition) is 5. The van der Waals surface area contributed by atoms with Crippen LogP contribution in [0.1, 0.15) is 49.1 Å². The highest BCUT2D eigenvalue weighted by Crippen LogP contribution is 2.33. The van der Waals surface area contributed by atoms with Crippen molar-refractivity contribution in [2.75, 3.05) is 6.54 Å². The second-order valence-electron chi connectivity index (χ2n) is 8.01. The molecule has 1 aromatic heterocycles. The van der Waals surface area contributed by atoms with E-state index in [1.165, 1.54) is 4.90 Å². The maximum atomic E-state index is 12.7. The maximum Gasteiger partial charge on any atom is 0.325 e. The Balaban J connectivity index is 1.26. The van der Waals surface area contributed by atoms with Crippen molar-refractivity contribution in [2.45, 2.75) is 57.5 Å². The number of aromatic nitrogens is 1. The van der Waals surface area contributed by atoms with Gasteiger partial charge in [0.1, 0.15) is 5.54 Å². The first-order valence-corrected chi connectivity index (χ1v) is 11.3. The molecule has 2 aromatic rings. The van der Waals surface area contributed by atoms with E-state index in [9.17, 15) is 14.4 Å². The largest absolute Gasteiger partial charge is 0.352 e. The Labute approximate surface area is 179 Å². The van der Waals surface area contributed by atoms with Gasteiger partial charge in [0.05, 0.1) is 10.7 Å². The molecule has 0 radical (unpaired) electrons. The third kappa shape index (κ3) is 4.23. The van der Waals surface area contributed by atoms with Crippen LogP contribution < -0.4 is 10.6 Å². The smallest absolute Gasteiger partial charge is 0.325 e. The zero-order valence-corrected chi connectivity index (χ0v) is 17.9. The number of rotatable bonds is 6. The number of carbonyl (C=O) groups excluding carboxylic acids is 3. The van der Waals surface area contributed by atoms with Gasteiger partial charge in [-0.3, -0.25) is 14.5 Å². The molecule has 1 saturated carbocycles. The van der Waals surface area contributed by atoms with Gasteiger partial charge in [-0.05, 0) is 25.3 Å². The Hall–Kier alpha value is -2.74. The van der Waals surface area contributed by atoms with Gasteiger partial charge in [0.2, 0.25) is 5.91 Å². The van der Waals surface area contributed by atoms with E-state index in [2.05, 4.69) is 15.6 Å². The summed E-state index contributed by atoms with van der Waals surface area (Å²) in [6.45, 7) is 2.49. The van der Waals surface area contributed by atoms with Crippen LogP contribution in [0.15, 0.2) is 29.6 Å². The van der Waals surface area contributed by atoms with Gasteiger partial charge in [-0.2, -0.15) is 0 Å². The molecule has 2 aliphatic rings. The lowest BCUT2D eigenvalue weighted by Crippen LogP contribution is -2.48. The fraction of sp³-hybridized carbons (Fsp3) is 0.455. The Bertz CT molecular complexity index is 948. The molecule has 4 amide bonds. The molecule has 158 valence electrons. The number of nitrogens with one attached hydrogen (secondary N) is 2. The van der Waals surface area contributed by atoms with Crippen LogP contribution in [0.2, 0.25) is 0 Å². The van der Waals surface area contributed by atoms with Crippen molar-refractivity contribution in [3.8, 4) is 11.3 Å². The summed E-state index contributed by atoms with van der Waals surface area (Å²) in [5.74, 6) is -0.354. The first-order valence-electron chi connectivity index (χ1n) is 10.4. The van der Waals surface area contributed by atoms with E-state index in [1.807, 2.05) is 36.6 Å². The molecule has 7 nitrogen and oxygen atoms in total. The first kappa shape index (κ1) is 20.5. The molecule has 4 rings (SSSR count). The molecule has 30 heavy (non-hydrogen) atoms. The number of hydrogen-bond donors (Lipinski definition) is 2. The third-order valence-electron chi connectivity index (χ3n) is 5.87. The third-order valence-corrected chi connectivity index (χ3v) is 6.65. The molecule has 2 N–H and O–H groups in total. The van der Waals surface area contributed by atoms with Crippen LogP contribution in [0.3, 0.4) is 0 Å². The molecule has 0 atom stereocenters. The van der Waals surface area contributed by atoms with Gasteiger partial charge in [0.15, 0.2) is 0 Å². The van der Waals surface area contributed by atoms with Gasteiger partial charge in [-0.15, -0.1) is 11.3 Å². The highest BCUT2D eigenvalue weighted by atomic mass is 32.1. The van der Waals surface area contributed by atoms with Crippen LogP contribution in [-0.4, -0.2) is 39.8 Å². The number of thiazole rings is 1. The molecule has 1 aromatic carbocycles. The molecular formula is C22H26N4O3S. The van der Waals surface area contributed by atoms with E-state index in [0.717, 1.165) is 41.1 Å². The van der Waals surface area contributed by atoms with E-state index in [-0.39, 0.29) is 30.8 Å². The zero-order valence-electron chi connectivity index (χ0n) is 17.1. The highest BCUT2D eigenvalue weighted by Gasteiger charge is 2.50. The Morgan fingerprint density at radius 2 is 1.93 bits per heavy atom. The monoisotopic (exact) mass is 426 g/mol. The number of urea groups is 1. The Kier molecular flexibility index (Phi) is 5.85. The fourth-order valence-corrected chi connectivity index (χ4v) is 4.79. The summed E-state index contributed by atoms with van der Waals surface area (Å²) < 4.78 is 0. The van der Waals surface area contributed by atoms with E-state index < -0.39 is 5.54 Å². The van der Waals surface area contributed by atoms with Crippen LogP contribution in [-0.2, 0) is 16.1 Å². The van der Waals surface area contributed by atoms with Crippen LogP contribution in [0.5, 0.6) is 0 Å². The van der Waals surface area contributed by atoms with Gasteiger partial charge in [0.25, 0.3) is 5.91 Å². The molecular weight excluding hydrogens is 400 g/mol. The van der Waals surface area contributed by atoms with Crippen LogP contribution >= 0.6 is 11.3 Å². The van der Waals surface area contributed by atoms with Crippen molar-refractivity contribution in [1.29, 1.82) is 0 Å². The summed E-state index contributed by atoms with van der Waals surface area (Å²) in [6, 6.07) is 7.55. The highest BCUT2D eigenvalue weighted by molar-refractivity contribution is 7.09. The number of imide groups is 1. The molecule has 1 saturated heterocycles. The zero-order chi connectivity index (χ0) is 21.1. The van der Waals surface area contributed by atoms with Gasteiger partial charge >= 0.3 is 6.03 Å². The summed E-state index contributed by atoms with van der Waals surface area (Å²) >= 11 is 1.62. The molecule has 0 bridgehead atoms. The van der Waals surface area contributed by atoms with E-state index >= 15 is 0 Å². The fourth-order valence-electron chi connectivity index (χ4n) is 4.17. The minimum absolute atomic E-state index is 0.103. The summed E-state index contributed by atoms with van der Waals surface area (Å²) in [4.78, 5) is 42.9. The molecule has 2 heterocycles. The number of amides is 4. The molecule has 2 fully saturated rings. The standard InChI is InChI=1S/C22H26N4O3S/c1-15-24-18(14-30-15)17-7-5-16(6-8-17)13-23-19(27)9-12-26-20(28)22(25-21(26)29)10-3-2-4-11-22/h5-8,14H,2-4,9-13H2,1H3,(H,23,27)(H,25,29). The lowest BCUT2D eigenvalue weighted by atomic mass is 9.82. The number of nitrogens with zero attached hydrogens (tertiary/aromatic N) is 2. The van der Waals surface area contributed by atoms with Crippen molar-refractivity contribution in [3.63, 3.8) is 0 Å². The normalized spacial score (nSPS) is 18.0. The van der Waals surface area contributed by atoms with E-state index in [1.54, 1.807) is 11.3 Å². The van der Waals surface area contributed by atoms with Gasteiger partial charge in [-0.1, -0.05) is 43.5 Å². The molecule has 1 aliphatic carbocycles. The summed E-state index contributed by atoms with van der Waals surface area (Å²) in [6.07, 6.45) is 4.47. The molecule has 1 aliphatic heterocycles. The SMILES string of the molecule is Cc1nc(-c2ccc(CNC(=O)CCN3C(=O)NC4(CCCCC4)C3=O)cc2)cs1. The Morgan fingerprint density at radius 1 is 1.20 bits per heavy atom. The summed E-state index contributed by atoms with van der Waals surface area (Å²) in [5.41, 5.74) is 2.25. The van der Waals surface area contributed by atoms with Crippen molar-refractivity contribution in [3.05, 3.63) is 40.2 Å². The second-order valence-corrected chi connectivity index (χ2v) is 9.07. The van der Waals surface area contributed by atoms with Gasteiger partial charge in [-0.25, -0.2) is 9.78 Å². The number of aryl methyl sites for hydroxylation is 1. The molecule has 0 unspecified atom stereocenters. The predicted octanol–water partition coefficient (Wildman–Crippen LogP) is 3.38. The van der Waals surface area contributed by atoms with E-state index in [4.69, 9.17) is 0 Å². The maximum absolute atomic E-state index is 12.7. The molecule has 8 heteroatoms. The van der Waals surface area contributed by atoms with Crippen molar-refractivity contribution >= 4 is 29.2 Å². The number of benzene rings is 1. The predicted molar refractivity (Wildman–Crippen MR) is 115 cm³/mol. The minimum atomic E-state index is -0.733. The lowest BCUT2D eigenvalue weighted by molar-refractivity contribution is -0.132. The van der Waals surface area contributed by atoms with Crippen molar-refractivity contribution in [2.24, 2.45) is 0 Å². The van der Waals surface area contributed by atoms with Crippen LogP contribution in [0.25, 0.3) is 11.3 Å². The minimum Gasteiger partial charge on any atom is -0.352 e. The van der Waals surface area contributed by atoms with Gasteiger partial charge < -0.3 is 10.6 Å². The van der Waals surface area contributed by atoms with Crippen LogP contribution in [0.4, 0.5) is 4.79 Å². The lowest BCUT2D eigenvalue weighted by Gasteiger charge is -2.30. The second kappa shape index (κ2) is 8.55. The van der Waals surface area contributed by atoms with Crippen molar-refractivity contribution in [1.82, 2.24) is 20.5 Å². The van der Waals surface area contributed by atoms with Gasteiger partial charge in [0, 0.05) is 30.5 Å². The Morgan fingerprint density at radius 3 is 2.60 bits per heavy atom. The van der Waals surface area contributed by atoms with Crippen LogP contribution in [0, 0.1) is 6.92 Å². The van der Waals surface area contributed by atoms with E-state index in [0.29, 0.717) is 19.4 Å². The number of carbonyl (C=O) groups is 3. The average molecular weight is 427 g/mol. The summed E-state index contributed by atoms with van der Waals surface area (Å²) in [7, 11) is 0.